The summed E-state index contributed by atoms with van der Waals surface area (Å²) < 4.78 is 27.6. The average molecular weight is 307 g/mol. The van der Waals surface area contributed by atoms with Crippen molar-refractivity contribution in [3.8, 4) is 0 Å². The molecule has 0 heterocycles. The highest BCUT2D eigenvalue weighted by atomic mass is 32.2. The molecule has 20 heavy (non-hydrogen) atoms. The van der Waals surface area contributed by atoms with Gasteiger partial charge in [-0.1, -0.05) is 13.8 Å². The van der Waals surface area contributed by atoms with Gasteiger partial charge in [-0.25, -0.2) is 8.42 Å². The zero-order chi connectivity index (χ0) is 15.6. The van der Waals surface area contributed by atoms with Crippen molar-refractivity contribution in [2.24, 2.45) is 10.4 Å². The van der Waals surface area contributed by atoms with Gasteiger partial charge in [-0.3, -0.25) is 4.99 Å². The van der Waals surface area contributed by atoms with Crippen molar-refractivity contribution < 1.29 is 13.2 Å². The summed E-state index contributed by atoms with van der Waals surface area (Å²) in [5, 5.41) is 6.36. The van der Waals surface area contributed by atoms with Crippen LogP contribution in [0.25, 0.3) is 0 Å². The molecule has 0 spiro atoms. The maximum absolute atomic E-state index is 11.2. The highest BCUT2D eigenvalue weighted by Crippen LogP contribution is 2.19. The SMILES string of the molecule is CCOCCNC(=NC)NCC(C)(C)CCS(C)(=O)=O. The predicted molar refractivity (Wildman–Crippen MR) is 84.0 cm³/mol. The van der Waals surface area contributed by atoms with Crippen LogP contribution < -0.4 is 10.6 Å². The molecule has 0 rings (SSSR count). The minimum absolute atomic E-state index is 0.110. The van der Waals surface area contributed by atoms with Crippen LogP contribution in [0.5, 0.6) is 0 Å². The third-order valence-electron chi connectivity index (χ3n) is 2.85. The van der Waals surface area contributed by atoms with Gasteiger partial charge in [0, 0.05) is 33.0 Å². The van der Waals surface area contributed by atoms with E-state index in [2.05, 4.69) is 15.6 Å². The van der Waals surface area contributed by atoms with E-state index in [0.29, 0.717) is 38.7 Å². The Kier molecular flexibility index (Phi) is 8.80. The van der Waals surface area contributed by atoms with E-state index >= 15 is 0 Å². The number of guanidine groups is 1. The minimum atomic E-state index is -2.91. The van der Waals surface area contributed by atoms with E-state index in [4.69, 9.17) is 4.74 Å². The van der Waals surface area contributed by atoms with Gasteiger partial charge < -0.3 is 15.4 Å². The minimum Gasteiger partial charge on any atom is -0.380 e. The van der Waals surface area contributed by atoms with Crippen LogP contribution in [0, 0.1) is 5.41 Å². The predicted octanol–water partition coefficient (Wildman–Crippen LogP) is 0.649. The maximum atomic E-state index is 11.2. The summed E-state index contributed by atoms with van der Waals surface area (Å²) in [4.78, 5) is 4.12. The fourth-order valence-electron chi connectivity index (χ4n) is 1.48. The van der Waals surface area contributed by atoms with Gasteiger partial charge in [-0.2, -0.15) is 0 Å². The number of sulfone groups is 1. The monoisotopic (exact) mass is 307 g/mol. The Morgan fingerprint density at radius 2 is 1.95 bits per heavy atom. The zero-order valence-electron chi connectivity index (χ0n) is 13.3. The van der Waals surface area contributed by atoms with Gasteiger partial charge in [0.05, 0.1) is 12.4 Å². The van der Waals surface area contributed by atoms with Crippen LogP contribution in [-0.4, -0.2) is 59.7 Å². The Balaban J connectivity index is 4.08. The second-order valence-corrected chi connectivity index (χ2v) is 7.85. The Hall–Kier alpha value is -0.820. The van der Waals surface area contributed by atoms with Crippen LogP contribution in [0.2, 0.25) is 0 Å². The van der Waals surface area contributed by atoms with Gasteiger partial charge >= 0.3 is 0 Å². The topological polar surface area (TPSA) is 79.8 Å². The molecule has 0 radical (unpaired) electrons. The summed E-state index contributed by atoms with van der Waals surface area (Å²) >= 11 is 0. The van der Waals surface area contributed by atoms with Crippen LogP contribution in [0.1, 0.15) is 27.2 Å². The van der Waals surface area contributed by atoms with E-state index in [9.17, 15) is 8.42 Å². The summed E-state index contributed by atoms with van der Waals surface area (Å²) in [7, 11) is -1.20. The molecular weight excluding hydrogens is 278 g/mol. The van der Waals surface area contributed by atoms with Crippen molar-refractivity contribution in [1.82, 2.24) is 10.6 Å². The van der Waals surface area contributed by atoms with Gasteiger partial charge in [0.25, 0.3) is 0 Å². The smallest absolute Gasteiger partial charge is 0.191 e. The van der Waals surface area contributed by atoms with E-state index in [0.717, 1.165) is 0 Å². The lowest BCUT2D eigenvalue weighted by molar-refractivity contribution is 0.152. The van der Waals surface area contributed by atoms with Gasteiger partial charge in [-0.05, 0) is 18.8 Å². The number of nitrogens with one attached hydrogen (secondary N) is 2. The Morgan fingerprint density at radius 1 is 1.30 bits per heavy atom. The lowest BCUT2D eigenvalue weighted by atomic mass is 9.90. The van der Waals surface area contributed by atoms with Gasteiger partial charge in [-0.15, -0.1) is 0 Å². The van der Waals surface area contributed by atoms with Crippen LogP contribution >= 0.6 is 0 Å². The normalized spacial score (nSPS) is 13.3. The number of rotatable bonds is 9. The molecule has 0 fully saturated rings. The van der Waals surface area contributed by atoms with Gasteiger partial charge in [0.2, 0.25) is 0 Å². The fourth-order valence-corrected chi connectivity index (χ4v) is 2.40. The molecule has 0 aromatic heterocycles. The summed E-state index contributed by atoms with van der Waals surface area (Å²) in [6.07, 6.45) is 1.89. The fraction of sp³-hybridized carbons (Fsp3) is 0.923. The molecule has 0 aromatic carbocycles. The first-order valence-electron chi connectivity index (χ1n) is 6.90. The van der Waals surface area contributed by atoms with Gasteiger partial charge in [0.15, 0.2) is 5.96 Å². The lowest BCUT2D eigenvalue weighted by Crippen LogP contribution is -2.43. The number of aliphatic imine (C=N–C) groups is 1. The molecule has 0 bridgehead atoms. The molecular formula is C13H29N3O3S. The second-order valence-electron chi connectivity index (χ2n) is 5.59. The molecule has 0 saturated carbocycles. The van der Waals surface area contributed by atoms with Crippen molar-refractivity contribution in [3.63, 3.8) is 0 Å². The lowest BCUT2D eigenvalue weighted by Gasteiger charge is -2.25. The number of hydrogen-bond donors (Lipinski definition) is 2. The average Bonchev–Trinajstić information content (AvgIpc) is 2.35. The molecule has 0 aromatic rings. The van der Waals surface area contributed by atoms with Crippen molar-refractivity contribution in [2.45, 2.75) is 27.2 Å². The van der Waals surface area contributed by atoms with Crippen LogP contribution in [-0.2, 0) is 14.6 Å². The molecule has 0 atom stereocenters. The first kappa shape index (κ1) is 19.2. The number of ether oxygens (including phenoxy) is 1. The number of nitrogens with zero attached hydrogens (tertiary/aromatic N) is 1. The molecule has 0 unspecified atom stereocenters. The standard InChI is InChI=1S/C13H29N3O3S/c1-6-19-9-8-15-12(14-4)16-11-13(2,3)7-10-20(5,17)18/h6-11H2,1-5H3,(H2,14,15,16). The molecule has 2 N–H and O–H groups in total. The first-order valence-corrected chi connectivity index (χ1v) is 8.96. The molecule has 7 heteroatoms. The molecule has 0 aliphatic rings. The quantitative estimate of drug-likeness (QED) is 0.371. The Morgan fingerprint density at radius 3 is 2.45 bits per heavy atom. The van der Waals surface area contributed by atoms with E-state index in [1.165, 1.54) is 6.26 Å². The molecule has 0 aliphatic carbocycles. The zero-order valence-corrected chi connectivity index (χ0v) is 14.1. The van der Waals surface area contributed by atoms with Crippen LogP contribution in [0.4, 0.5) is 0 Å². The van der Waals surface area contributed by atoms with Crippen molar-refractivity contribution >= 4 is 15.8 Å². The van der Waals surface area contributed by atoms with E-state index < -0.39 is 9.84 Å². The van der Waals surface area contributed by atoms with E-state index in [1.54, 1.807) is 7.05 Å². The molecule has 0 amide bonds. The Labute approximate surface area is 123 Å². The molecule has 120 valence electrons. The molecule has 0 aliphatic heterocycles. The maximum Gasteiger partial charge on any atom is 0.191 e. The summed E-state index contributed by atoms with van der Waals surface area (Å²) in [5.74, 6) is 0.912. The molecule has 6 nitrogen and oxygen atoms in total. The van der Waals surface area contributed by atoms with Crippen LogP contribution in [0.3, 0.4) is 0 Å². The van der Waals surface area contributed by atoms with Crippen molar-refractivity contribution in [3.05, 3.63) is 0 Å². The first-order chi connectivity index (χ1) is 9.20. The largest absolute Gasteiger partial charge is 0.380 e. The van der Waals surface area contributed by atoms with Crippen molar-refractivity contribution in [1.29, 1.82) is 0 Å². The molecule has 0 saturated heterocycles. The van der Waals surface area contributed by atoms with Crippen LogP contribution in [0.15, 0.2) is 4.99 Å². The number of hydrogen-bond acceptors (Lipinski definition) is 4. The highest BCUT2D eigenvalue weighted by Gasteiger charge is 2.20. The summed E-state index contributed by atoms with van der Waals surface area (Å²) in [6.45, 7) is 8.73. The third kappa shape index (κ3) is 11.0. The van der Waals surface area contributed by atoms with Gasteiger partial charge in [0.1, 0.15) is 9.84 Å². The Bertz CT molecular complexity index is 392. The highest BCUT2D eigenvalue weighted by molar-refractivity contribution is 7.90. The summed E-state index contributed by atoms with van der Waals surface area (Å²) in [5.41, 5.74) is -0.110. The van der Waals surface area contributed by atoms with E-state index in [1.807, 2.05) is 20.8 Å². The van der Waals surface area contributed by atoms with E-state index in [-0.39, 0.29) is 11.2 Å². The van der Waals surface area contributed by atoms with Crippen molar-refractivity contribution in [2.75, 3.05) is 45.4 Å². The third-order valence-corrected chi connectivity index (χ3v) is 3.80. The summed E-state index contributed by atoms with van der Waals surface area (Å²) in [6, 6.07) is 0. The second kappa shape index (κ2) is 9.18.